The van der Waals surface area contributed by atoms with E-state index in [9.17, 15) is 9.59 Å². The highest BCUT2D eigenvalue weighted by molar-refractivity contribution is 6.32. The number of ether oxygens (including phenoxy) is 2. The van der Waals surface area contributed by atoms with E-state index in [4.69, 9.17) is 67.5 Å². The van der Waals surface area contributed by atoms with Crippen molar-refractivity contribution in [3.8, 4) is 0 Å². The van der Waals surface area contributed by atoms with Gasteiger partial charge in [0.25, 0.3) is 0 Å². The Morgan fingerprint density at radius 3 is 1.55 bits per heavy atom. The number of nitrogens with zero attached hydrogens (tertiary/aromatic N) is 8. The molecule has 8 rings (SSSR count). The number of carbonyl (C=O) groups is 2. The molecule has 0 aliphatic heterocycles. The summed E-state index contributed by atoms with van der Waals surface area (Å²) in [5.41, 5.74) is 4.70. The molecule has 0 bridgehead atoms. The number of rotatable bonds is 5. The molecule has 0 aliphatic carbocycles. The average Bonchev–Trinajstić information content (AvgIpc) is 3.98. The van der Waals surface area contributed by atoms with E-state index in [2.05, 4.69) is 34.8 Å². The molecule has 0 aromatic carbocycles. The number of alkyl halides is 1. The molecule has 0 unspecified atom stereocenters. The Morgan fingerprint density at radius 1 is 0.609 bits per heavy atom. The Hall–Kier alpha value is -4.93. The van der Waals surface area contributed by atoms with E-state index in [-0.39, 0.29) is 5.88 Å². The van der Waals surface area contributed by atoms with Crippen LogP contribution in [0.4, 0.5) is 9.59 Å². The van der Waals surface area contributed by atoms with Crippen molar-refractivity contribution in [1.82, 2.24) is 48.8 Å². The van der Waals surface area contributed by atoms with Gasteiger partial charge in [0, 0.05) is 90.1 Å². The fourth-order valence-electron chi connectivity index (χ4n) is 6.18. The van der Waals surface area contributed by atoms with Crippen molar-refractivity contribution in [1.29, 1.82) is 0 Å². The van der Waals surface area contributed by atoms with Gasteiger partial charge in [-0.3, -0.25) is 0 Å². The highest BCUT2D eigenvalue weighted by atomic mass is 35.5. The van der Waals surface area contributed by atoms with Gasteiger partial charge < -0.3 is 29.2 Å². The predicted molar refractivity (Wildman–Crippen MR) is 259 cm³/mol. The first-order valence-corrected chi connectivity index (χ1v) is 21.9. The Kier molecular flexibility index (Phi) is 16.7. The third-order valence-electron chi connectivity index (χ3n) is 8.63. The highest BCUT2D eigenvalue weighted by Crippen LogP contribution is 2.27. The summed E-state index contributed by atoms with van der Waals surface area (Å²) in [6, 6.07) is 9.32. The van der Waals surface area contributed by atoms with Crippen LogP contribution in [0.15, 0.2) is 79.9 Å². The fourth-order valence-corrected chi connectivity index (χ4v) is 7.04. The van der Waals surface area contributed by atoms with Crippen LogP contribution < -0.4 is 0 Å². The molecule has 2 N–H and O–H groups in total. The molecule has 340 valence electrons. The number of aromatic amines is 2. The monoisotopic (exact) mass is 970 g/mol. The van der Waals surface area contributed by atoms with E-state index in [0.717, 1.165) is 50.5 Å². The second-order valence-corrected chi connectivity index (χ2v) is 19.1. The number of aromatic nitrogens is 8. The van der Waals surface area contributed by atoms with Crippen LogP contribution in [-0.4, -0.2) is 100 Å². The molecule has 0 amide bonds. The van der Waals surface area contributed by atoms with E-state index in [0.29, 0.717) is 37.9 Å². The summed E-state index contributed by atoms with van der Waals surface area (Å²) < 4.78 is 13.5. The van der Waals surface area contributed by atoms with E-state index in [1.807, 2.05) is 111 Å². The van der Waals surface area contributed by atoms with E-state index in [1.54, 1.807) is 30.9 Å². The molecule has 0 radical (unpaired) electrons. The Bertz CT molecular complexity index is 2870. The summed E-state index contributed by atoms with van der Waals surface area (Å²) >= 11 is 29.4. The molecule has 8 aromatic heterocycles. The van der Waals surface area contributed by atoms with Crippen molar-refractivity contribution in [3.63, 3.8) is 0 Å². The van der Waals surface area contributed by atoms with Crippen molar-refractivity contribution in [2.45, 2.75) is 71.7 Å². The number of fused-ring (bicyclic) bond motifs is 4. The maximum absolute atomic E-state index is 12.3. The smallest absolute Gasteiger partial charge is 0.420 e. The second-order valence-electron chi connectivity index (χ2n) is 17.1. The van der Waals surface area contributed by atoms with Crippen molar-refractivity contribution in [2.75, 3.05) is 28.2 Å². The molecular formula is C45H51Cl5N10O4. The molecular weight excluding hydrogens is 922 g/mol. The summed E-state index contributed by atoms with van der Waals surface area (Å²) in [5, 5.41) is 6.17. The van der Waals surface area contributed by atoms with Gasteiger partial charge in [-0.05, 0) is 117 Å². The number of pyridine rings is 4. The minimum atomic E-state index is -0.568. The van der Waals surface area contributed by atoms with Gasteiger partial charge in [-0.2, -0.15) is 0 Å². The minimum Gasteiger partial charge on any atom is -0.443 e. The van der Waals surface area contributed by atoms with Crippen LogP contribution >= 0.6 is 58.0 Å². The number of carbonyl (C=O) groups excluding carboxylic acids is 2. The zero-order valence-corrected chi connectivity index (χ0v) is 41.0. The number of hydrogen-bond acceptors (Lipinski definition) is 10. The first kappa shape index (κ1) is 50.1. The molecule has 19 heteroatoms. The topological polar surface area (TPSA) is 152 Å². The number of hydrogen-bond donors (Lipinski definition) is 2. The standard InChI is InChI=1S/C15H20ClN3O2.C13H14Cl2N2O2.C10H12ClN3.C7H5ClN2/c1-15(2,3)21-14(20)19-9-10(8-18(4)5)12-6-11(16)7-17-13(12)19;1-13(2,3)19-12(18)17-7-8(5-14)10-4-9(15)6-16-11(10)17;1-14(2)6-7-4-12-10-9(7)3-8(11)5-13-10;8-6-3-5-1-2-9-7(5)10-4-6/h6-7,9H,8H2,1-5H3;4,6-7H,5H2,1-3H3;3-5H,6H2,1-2H3,(H,12,13);1-4H,(H,9,10). The summed E-state index contributed by atoms with van der Waals surface area (Å²) in [5.74, 6) is 0.272. The molecule has 0 saturated carbocycles. The number of H-pyrrole nitrogens is 2. The third-order valence-corrected chi connectivity index (χ3v) is 9.75. The lowest BCUT2D eigenvalue weighted by atomic mass is 10.2. The van der Waals surface area contributed by atoms with Crippen molar-refractivity contribution in [3.05, 3.63) is 117 Å². The van der Waals surface area contributed by atoms with E-state index >= 15 is 0 Å². The van der Waals surface area contributed by atoms with Crippen molar-refractivity contribution in [2.24, 2.45) is 0 Å². The summed E-state index contributed by atoms with van der Waals surface area (Å²) in [7, 11) is 8.01. The molecule has 0 aliphatic rings. The highest BCUT2D eigenvalue weighted by Gasteiger charge is 2.23. The lowest BCUT2D eigenvalue weighted by Crippen LogP contribution is -2.27. The van der Waals surface area contributed by atoms with Crippen LogP contribution in [-0.2, 0) is 28.4 Å². The van der Waals surface area contributed by atoms with Gasteiger partial charge >= 0.3 is 12.2 Å². The lowest BCUT2D eigenvalue weighted by Gasteiger charge is -2.19. The maximum atomic E-state index is 12.3. The molecule has 0 saturated heterocycles. The average molecular weight is 973 g/mol. The molecule has 0 fully saturated rings. The lowest BCUT2D eigenvalue weighted by molar-refractivity contribution is 0.0532. The Morgan fingerprint density at radius 2 is 1.05 bits per heavy atom. The number of nitrogens with one attached hydrogen (secondary N) is 2. The van der Waals surface area contributed by atoms with Crippen LogP contribution in [0.5, 0.6) is 0 Å². The quantitative estimate of drug-likeness (QED) is 0.159. The zero-order chi connectivity index (χ0) is 47.1. The normalized spacial score (nSPS) is 11.6. The minimum absolute atomic E-state index is 0.272. The van der Waals surface area contributed by atoms with E-state index < -0.39 is 23.4 Å². The Labute approximate surface area is 396 Å². The fraction of sp³-hybridized carbons (Fsp3) is 0.333. The molecule has 0 atom stereocenters. The molecule has 0 spiro atoms. The van der Waals surface area contributed by atoms with Crippen LogP contribution in [0.25, 0.3) is 44.1 Å². The van der Waals surface area contributed by atoms with Gasteiger partial charge in [-0.1, -0.05) is 46.4 Å². The summed E-state index contributed by atoms with van der Waals surface area (Å²) in [4.78, 5) is 51.4. The Balaban J connectivity index is 0.000000165. The van der Waals surface area contributed by atoms with Crippen LogP contribution in [0, 0.1) is 0 Å². The number of halogens is 5. The van der Waals surface area contributed by atoms with Gasteiger partial charge in [-0.25, -0.2) is 38.7 Å². The largest absolute Gasteiger partial charge is 0.443 e. The van der Waals surface area contributed by atoms with Crippen molar-refractivity contribution < 1.29 is 19.1 Å². The molecule has 64 heavy (non-hydrogen) atoms. The van der Waals surface area contributed by atoms with Gasteiger partial charge in [0.05, 0.1) is 20.1 Å². The molecule has 8 heterocycles. The van der Waals surface area contributed by atoms with Gasteiger partial charge in [0.15, 0.2) is 0 Å². The van der Waals surface area contributed by atoms with Gasteiger partial charge in [0.1, 0.15) is 33.8 Å². The third kappa shape index (κ3) is 13.8. The van der Waals surface area contributed by atoms with Gasteiger partial charge in [-0.15, -0.1) is 11.6 Å². The zero-order valence-electron chi connectivity index (χ0n) is 37.2. The van der Waals surface area contributed by atoms with Crippen LogP contribution in [0.1, 0.15) is 58.2 Å². The first-order chi connectivity index (χ1) is 30.0. The van der Waals surface area contributed by atoms with Gasteiger partial charge in [0.2, 0.25) is 0 Å². The molecule has 8 aromatic rings. The second kappa shape index (κ2) is 21.4. The first-order valence-electron chi connectivity index (χ1n) is 19.8. The molecule has 14 nitrogen and oxygen atoms in total. The summed E-state index contributed by atoms with van der Waals surface area (Å²) in [6.07, 6.45) is 12.6. The van der Waals surface area contributed by atoms with Crippen LogP contribution in [0.2, 0.25) is 20.1 Å². The van der Waals surface area contributed by atoms with Crippen molar-refractivity contribution >= 4 is 114 Å². The summed E-state index contributed by atoms with van der Waals surface area (Å²) in [6.45, 7) is 12.5. The SMILES string of the molecule is CC(C)(C)OC(=O)n1cc(CCl)c2cc(Cl)cnc21.CN(C)Cc1c[nH]c2ncc(Cl)cc12.CN(C)Cc1cn(C(=O)OC(C)(C)C)c2ncc(Cl)cc12.Clc1cnc2[nH]ccc2c1. The maximum Gasteiger partial charge on any atom is 0.420 e. The van der Waals surface area contributed by atoms with E-state index in [1.165, 1.54) is 27.1 Å². The predicted octanol–water partition coefficient (Wildman–Crippen LogP) is 12.2. The van der Waals surface area contributed by atoms with Crippen LogP contribution in [0.3, 0.4) is 0 Å².